The third kappa shape index (κ3) is 7.42. The van der Waals surface area contributed by atoms with Gasteiger partial charge in [0.1, 0.15) is 0 Å². The number of methoxy groups -OCH3 is 1. The van der Waals surface area contributed by atoms with E-state index in [1.165, 1.54) is 12.1 Å². The summed E-state index contributed by atoms with van der Waals surface area (Å²) in [7, 11) is 1.58. The first-order valence-electron chi connectivity index (χ1n) is 6.93. The van der Waals surface area contributed by atoms with Gasteiger partial charge in [0.25, 0.3) is 0 Å². The third-order valence-electron chi connectivity index (χ3n) is 2.84. The lowest BCUT2D eigenvalue weighted by molar-refractivity contribution is -0.137. The van der Waals surface area contributed by atoms with Gasteiger partial charge < -0.3 is 14.8 Å². The lowest BCUT2D eigenvalue weighted by Crippen LogP contribution is -2.27. The standard InChI is InChI=1S/C15H20F3NO3/c1-21-8-9-22-7-3-6-19-14(20)11-12-4-2-5-13(10-12)15(16,17)18/h2,4-5,10H,3,6-9,11H2,1H3,(H,19,20). The second kappa shape index (κ2) is 9.42. The van der Waals surface area contributed by atoms with Crippen LogP contribution in [0.2, 0.25) is 0 Å². The van der Waals surface area contributed by atoms with Gasteiger partial charge in [-0.15, -0.1) is 0 Å². The minimum absolute atomic E-state index is 0.0749. The van der Waals surface area contributed by atoms with Gasteiger partial charge in [0.05, 0.1) is 25.2 Å². The van der Waals surface area contributed by atoms with Crippen molar-refractivity contribution in [2.45, 2.75) is 19.0 Å². The second-order valence-electron chi connectivity index (χ2n) is 4.68. The molecule has 0 saturated carbocycles. The number of hydrogen-bond donors (Lipinski definition) is 1. The molecular weight excluding hydrogens is 299 g/mol. The first kappa shape index (κ1) is 18.4. The van der Waals surface area contributed by atoms with E-state index in [0.717, 1.165) is 12.1 Å². The zero-order valence-corrected chi connectivity index (χ0v) is 12.4. The van der Waals surface area contributed by atoms with Gasteiger partial charge in [0, 0.05) is 20.3 Å². The number of halogens is 3. The second-order valence-corrected chi connectivity index (χ2v) is 4.68. The minimum Gasteiger partial charge on any atom is -0.382 e. The molecule has 0 aromatic heterocycles. The molecule has 0 fully saturated rings. The number of rotatable bonds is 9. The molecule has 1 aromatic carbocycles. The predicted octanol–water partition coefficient (Wildman–Crippen LogP) is 2.42. The Morgan fingerprint density at radius 1 is 1.23 bits per heavy atom. The van der Waals surface area contributed by atoms with Crippen molar-refractivity contribution in [1.29, 1.82) is 0 Å². The number of hydrogen-bond acceptors (Lipinski definition) is 3. The smallest absolute Gasteiger partial charge is 0.382 e. The molecule has 0 aliphatic rings. The molecule has 0 spiro atoms. The van der Waals surface area contributed by atoms with Crippen LogP contribution in [0.3, 0.4) is 0 Å². The normalized spacial score (nSPS) is 11.5. The van der Waals surface area contributed by atoms with Crippen molar-refractivity contribution in [3.63, 3.8) is 0 Å². The maximum atomic E-state index is 12.6. The quantitative estimate of drug-likeness (QED) is 0.711. The molecule has 0 bridgehead atoms. The summed E-state index contributed by atoms with van der Waals surface area (Å²) < 4.78 is 47.7. The van der Waals surface area contributed by atoms with Crippen molar-refractivity contribution in [1.82, 2.24) is 5.32 Å². The summed E-state index contributed by atoms with van der Waals surface area (Å²) in [5, 5.41) is 2.65. The largest absolute Gasteiger partial charge is 0.416 e. The highest BCUT2D eigenvalue weighted by atomic mass is 19.4. The molecule has 124 valence electrons. The summed E-state index contributed by atoms with van der Waals surface area (Å²) in [6, 6.07) is 4.78. The van der Waals surface area contributed by atoms with Crippen molar-refractivity contribution in [3.05, 3.63) is 35.4 Å². The summed E-state index contributed by atoms with van der Waals surface area (Å²) >= 11 is 0. The van der Waals surface area contributed by atoms with E-state index in [4.69, 9.17) is 9.47 Å². The minimum atomic E-state index is -4.40. The van der Waals surface area contributed by atoms with Crippen molar-refractivity contribution in [3.8, 4) is 0 Å². The van der Waals surface area contributed by atoms with Crippen LogP contribution >= 0.6 is 0 Å². The summed E-state index contributed by atoms with van der Waals surface area (Å²) in [4.78, 5) is 11.7. The average Bonchev–Trinajstić information content (AvgIpc) is 2.46. The molecule has 0 saturated heterocycles. The van der Waals surface area contributed by atoms with E-state index >= 15 is 0 Å². The zero-order valence-electron chi connectivity index (χ0n) is 12.4. The Morgan fingerprint density at radius 3 is 2.68 bits per heavy atom. The molecule has 7 heteroatoms. The van der Waals surface area contributed by atoms with Crippen LogP contribution in [-0.4, -0.2) is 39.4 Å². The van der Waals surface area contributed by atoms with Crippen LogP contribution in [0.5, 0.6) is 0 Å². The molecule has 0 heterocycles. The number of alkyl halides is 3. The van der Waals surface area contributed by atoms with Crippen LogP contribution in [-0.2, 0) is 26.9 Å². The fourth-order valence-electron chi connectivity index (χ4n) is 1.75. The molecule has 0 radical (unpaired) electrons. The van der Waals surface area contributed by atoms with Crippen LogP contribution in [0.4, 0.5) is 13.2 Å². The van der Waals surface area contributed by atoms with Crippen LogP contribution < -0.4 is 5.32 Å². The Labute approximate surface area is 127 Å². The van der Waals surface area contributed by atoms with Crippen molar-refractivity contribution in [2.75, 3.05) is 33.5 Å². The van der Waals surface area contributed by atoms with E-state index in [2.05, 4.69) is 5.32 Å². The number of ether oxygens (including phenoxy) is 2. The van der Waals surface area contributed by atoms with E-state index in [0.29, 0.717) is 38.3 Å². The maximum absolute atomic E-state index is 12.6. The molecule has 0 unspecified atom stereocenters. The Hall–Kier alpha value is -1.60. The highest BCUT2D eigenvalue weighted by Crippen LogP contribution is 2.29. The van der Waals surface area contributed by atoms with Gasteiger partial charge in [-0.3, -0.25) is 4.79 Å². The van der Waals surface area contributed by atoms with Crippen molar-refractivity contribution < 1.29 is 27.4 Å². The maximum Gasteiger partial charge on any atom is 0.416 e. The SMILES string of the molecule is COCCOCCCNC(=O)Cc1cccc(C(F)(F)F)c1. The number of carbonyl (C=O) groups is 1. The van der Waals surface area contributed by atoms with Crippen LogP contribution in [0.15, 0.2) is 24.3 Å². The average molecular weight is 319 g/mol. The van der Waals surface area contributed by atoms with Gasteiger partial charge in [-0.2, -0.15) is 13.2 Å². The number of benzene rings is 1. The molecule has 0 atom stereocenters. The molecule has 1 N–H and O–H groups in total. The molecular formula is C15H20F3NO3. The molecule has 0 aliphatic heterocycles. The molecule has 4 nitrogen and oxygen atoms in total. The lowest BCUT2D eigenvalue weighted by atomic mass is 10.1. The molecule has 1 amide bonds. The van der Waals surface area contributed by atoms with E-state index < -0.39 is 11.7 Å². The van der Waals surface area contributed by atoms with Crippen molar-refractivity contribution >= 4 is 5.91 Å². The lowest BCUT2D eigenvalue weighted by Gasteiger charge is -2.09. The van der Waals surface area contributed by atoms with Gasteiger partial charge in [-0.1, -0.05) is 18.2 Å². The first-order chi connectivity index (χ1) is 10.4. The zero-order chi connectivity index (χ0) is 16.4. The van der Waals surface area contributed by atoms with Crippen LogP contribution in [0.1, 0.15) is 17.5 Å². The summed E-state index contributed by atoms with van der Waals surface area (Å²) in [5.41, 5.74) is -0.409. The fraction of sp³-hybridized carbons (Fsp3) is 0.533. The predicted molar refractivity (Wildman–Crippen MR) is 75.5 cm³/mol. The Bertz CT molecular complexity index is 464. The Kier molecular flexibility index (Phi) is 7.90. The summed E-state index contributed by atoms with van der Waals surface area (Å²) in [6.07, 6.45) is -3.83. The van der Waals surface area contributed by atoms with Crippen molar-refractivity contribution in [2.24, 2.45) is 0 Å². The number of carbonyl (C=O) groups excluding carboxylic acids is 1. The topological polar surface area (TPSA) is 47.6 Å². The van der Waals surface area contributed by atoms with E-state index in [1.807, 2.05) is 0 Å². The van der Waals surface area contributed by atoms with Gasteiger partial charge >= 0.3 is 6.18 Å². The third-order valence-corrected chi connectivity index (χ3v) is 2.84. The van der Waals surface area contributed by atoms with Gasteiger partial charge in [-0.05, 0) is 18.1 Å². The molecule has 1 aromatic rings. The first-order valence-corrected chi connectivity index (χ1v) is 6.93. The van der Waals surface area contributed by atoms with Gasteiger partial charge in [0.15, 0.2) is 0 Å². The van der Waals surface area contributed by atoms with Gasteiger partial charge in [-0.25, -0.2) is 0 Å². The van der Waals surface area contributed by atoms with Crippen LogP contribution in [0, 0.1) is 0 Å². The Balaban J connectivity index is 2.28. The van der Waals surface area contributed by atoms with Gasteiger partial charge in [0.2, 0.25) is 5.91 Å². The fourth-order valence-corrected chi connectivity index (χ4v) is 1.75. The summed E-state index contributed by atoms with van der Waals surface area (Å²) in [6.45, 7) is 1.93. The van der Waals surface area contributed by atoms with Crippen LogP contribution in [0.25, 0.3) is 0 Å². The molecule has 0 aliphatic carbocycles. The summed E-state index contributed by atoms with van der Waals surface area (Å²) in [5.74, 6) is -0.309. The van der Waals surface area contributed by atoms with E-state index in [9.17, 15) is 18.0 Å². The molecule has 1 rings (SSSR count). The number of nitrogens with one attached hydrogen (secondary N) is 1. The molecule has 22 heavy (non-hydrogen) atoms. The van der Waals surface area contributed by atoms with E-state index in [1.54, 1.807) is 7.11 Å². The van der Waals surface area contributed by atoms with E-state index in [-0.39, 0.29) is 12.3 Å². The monoisotopic (exact) mass is 319 g/mol. The Morgan fingerprint density at radius 2 is 2.00 bits per heavy atom. The number of amides is 1. The highest BCUT2D eigenvalue weighted by Gasteiger charge is 2.30. The highest BCUT2D eigenvalue weighted by molar-refractivity contribution is 5.78.